The van der Waals surface area contributed by atoms with Crippen molar-refractivity contribution in [1.82, 2.24) is 0 Å². The van der Waals surface area contributed by atoms with E-state index >= 15 is 0 Å². The van der Waals surface area contributed by atoms with Gasteiger partial charge in [0.05, 0.1) is 0 Å². The average molecular weight is 383 g/mol. The van der Waals surface area contributed by atoms with Crippen LogP contribution in [-0.2, 0) is 0 Å². The molecule has 0 rings (SSSR count). The largest absolute Gasteiger partial charge is 1.00 e. The molecule has 0 aliphatic heterocycles. The van der Waals surface area contributed by atoms with Crippen LogP contribution >= 0.6 is 0 Å². The zero-order valence-electron chi connectivity index (χ0n) is 6.51. The molecule has 0 saturated heterocycles. The molecule has 0 unspecified atom stereocenters. The maximum atomic E-state index is 11.7. The predicted octanol–water partition coefficient (Wildman–Crippen LogP) is -3.57. The van der Waals surface area contributed by atoms with Gasteiger partial charge >= 0.3 is 80.1 Å². The molecule has 6 heteroatoms. The van der Waals surface area contributed by atoms with Crippen LogP contribution in [0.15, 0.2) is 0 Å². The molecule has 0 fully saturated rings. The Hall–Kier alpha value is 2.32. The molecule has 0 nitrogen and oxygen atoms in total. The molecule has 0 aromatic heterocycles. The summed E-state index contributed by atoms with van der Waals surface area (Å²) < 4.78 is 31.1. The minimum absolute atomic E-state index is 0. The molecule has 0 bridgehead atoms. The topological polar surface area (TPSA) is 0 Å². The summed E-state index contributed by atoms with van der Waals surface area (Å²) in [5, 5.41) is 0. The van der Waals surface area contributed by atoms with Crippen molar-refractivity contribution in [2.75, 3.05) is 0 Å². The Morgan fingerprint density at radius 1 is 1.00 bits per heavy atom. The van der Waals surface area contributed by atoms with Gasteiger partial charge in [0, 0.05) is 0 Å². The Labute approximate surface area is 103 Å². The standard InChI is InChI=1S/CF3.3CH3.HI.Na.Sn/c2-1(3)4;;;;;;/h;3*1H3;1H;;/q;;;;;+1;/p-1. The minimum Gasteiger partial charge on any atom is -1.00 e. The first-order chi connectivity index (χ1) is 3.25. The van der Waals surface area contributed by atoms with Crippen molar-refractivity contribution in [3.8, 4) is 0 Å². The van der Waals surface area contributed by atoms with E-state index in [0.717, 1.165) is 0 Å². The minimum atomic E-state index is -3.85. The van der Waals surface area contributed by atoms with Crippen LogP contribution in [0.3, 0.4) is 0 Å². The smallest absolute Gasteiger partial charge is 1.00 e. The molecule has 0 saturated carbocycles. The first-order valence-corrected chi connectivity index (χ1v) is 12.3. The van der Waals surface area contributed by atoms with E-state index in [9.17, 15) is 13.2 Å². The summed E-state index contributed by atoms with van der Waals surface area (Å²) >= 11 is -3.52. The van der Waals surface area contributed by atoms with Crippen LogP contribution in [0, 0.1) is 0 Å². The van der Waals surface area contributed by atoms with E-state index in [0.29, 0.717) is 0 Å². The molecule has 0 aromatic rings. The van der Waals surface area contributed by atoms with E-state index in [-0.39, 0.29) is 53.5 Å². The molecule has 0 aliphatic carbocycles. The normalized spacial score (nSPS) is 11.4. The molecule has 0 amide bonds. The number of hydrogen-bond donors (Lipinski definition) is 0. The Kier molecular flexibility index (Phi) is 10.7. The summed E-state index contributed by atoms with van der Waals surface area (Å²) in [6.45, 7) is 0. The van der Waals surface area contributed by atoms with Gasteiger partial charge in [0.1, 0.15) is 0 Å². The van der Waals surface area contributed by atoms with E-state index in [4.69, 9.17) is 0 Å². The van der Waals surface area contributed by atoms with Crippen molar-refractivity contribution in [1.29, 1.82) is 0 Å². The first kappa shape index (κ1) is 18.2. The van der Waals surface area contributed by atoms with Gasteiger partial charge in [-0.25, -0.2) is 0 Å². The molecule has 0 aliphatic rings. The molecule has 0 radical (unpaired) electrons. The van der Waals surface area contributed by atoms with E-state index in [2.05, 4.69) is 0 Å². The second kappa shape index (κ2) is 5.88. The number of halogens is 4. The van der Waals surface area contributed by atoms with Gasteiger partial charge in [0.15, 0.2) is 0 Å². The van der Waals surface area contributed by atoms with Gasteiger partial charge in [0.2, 0.25) is 0 Å². The molecule has 10 heavy (non-hydrogen) atoms. The van der Waals surface area contributed by atoms with Crippen molar-refractivity contribution in [2.45, 2.75) is 19.0 Å². The van der Waals surface area contributed by atoms with Gasteiger partial charge < -0.3 is 24.0 Å². The summed E-state index contributed by atoms with van der Waals surface area (Å²) in [7, 11) is 0. The fraction of sp³-hybridized carbons (Fsp3) is 1.00. The van der Waals surface area contributed by atoms with Crippen LogP contribution in [0.25, 0.3) is 0 Å². The number of hydrogen-bond acceptors (Lipinski definition) is 0. The van der Waals surface area contributed by atoms with Crippen molar-refractivity contribution in [2.24, 2.45) is 0 Å². The third-order valence-electron chi connectivity index (χ3n) is 0.850. The zero-order chi connectivity index (χ0) is 7.00. The average Bonchev–Trinajstić information content (AvgIpc) is 1.25. The van der Waals surface area contributed by atoms with Gasteiger partial charge in [0.25, 0.3) is 0 Å². The Bertz CT molecular complexity index is 75.5. The van der Waals surface area contributed by atoms with Crippen LogP contribution in [0.2, 0.25) is 14.8 Å². The quantitative estimate of drug-likeness (QED) is 0.300. The summed E-state index contributed by atoms with van der Waals surface area (Å²) in [5.74, 6) is 0. The van der Waals surface area contributed by atoms with Crippen molar-refractivity contribution in [3.63, 3.8) is 0 Å². The van der Waals surface area contributed by atoms with Gasteiger partial charge in [-0.05, 0) is 0 Å². The van der Waals surface area contributed by atoms with Gasteiger partial charge in [-0.1, -0.05) is 0 Å². The fourth-order valence-corrected chi connectivity index (χ4v) is 0. The number of alkyl halides is 3. The van der Waals surface area contributed by atoms with Crippen LogP contribution < -0.4 is 53.5 Å². The molecular formula is C4H9F3INaSn. The van der Waals surface area contributed by atoms with Gasteiger partial charge in [-0.3, -0.25) is 0 Å². The van der Waals surface area contributed by atoms with Crippen LogP contribution in [0.4, 0.5) is 13.2 Å². The first-order valence-electron chi connectivity index (χ1n) is 2.32. The van der Waals surface area contributed by atoms with Crippen LogP contribution in [0.5, 0.6) is 0 Å². The van der Waals surface area contributed by atoms with Crippen molar-refractivity contribution >= 4 is 18.4 Å². The SMILES string of the molecule is [CH3][Sn]([CH3])([CH3])[C](F)(F)F.[I-].[Na+]. The molecule has 0 spiro atoms. The van der Waals surface area contributed by atoms with Crippen molar-refractivity contribution in [3.05, 3.63) is 0 Å². The maximum absolute atomic E-state index is 11.7. The van der Waals surface area contributed by atoms with E-state index in [1.165, 1.54) is 14.8 Å². The van der Waals surface area contributed by atoms with Crippen molar-refractivity contribution < 1.29 is 66.7 Å². The molecule has 58 valence electrons. The Balaban J connectivity index is -0.000000245. The fourth-order valence-electron chi connectivity index (χ4n) is 0. The van der Waals surface area contributed by atoms with Crippen LogP contribution in [-0.4, -0.2) is 22.6 Å². The summed E-state index contributed by atoms with van der Waals surface area (Å²) in [5.41, 5.74) is 0. The van der Waals surface area contributed by atoms with E-state index < -0.39 is 22.6 Å². The summed E-state index contributed by atoms with van der Waals surface area (Å²) in [6, 6.07) is 0. The zero-order valence-corrected chi connectivity index (χ0v) is 13.5. The molecule has 0 atom stereocenters. The summed E-state index contributed by atoms with van der Waals surface area (Å²) in [4.78, 5) is 4.07. The molecule has 0 aromatic carbocycles. The van der Waals surface area contributed by atoms with Crippen LogP contribution in [0.1, 0.15) is 0 Å². The maximum Gasteiger partial charge on any atom is 1.00 e. The summed E-state index contributed by atoms with van der Waals surface area (Å²) in [6.07, 6.45) is 0. The van der Waals surface area contributed by atoms with Gasteiger partial charge in [-0.2, -0.15) is 0 Å². The Morgan fingerprint density at radius 2 is 1.10 bits per heavy atom. The van der Waals surface area contributed by atoms with Gasteiger partial charge in [-0.15, -0.1) is 0 Å². The molecule has 0 heterocycles. The molecule has 0 N–H and O–H groups in total. The third kappa shape index (κ3) is 6.99. The second-order valence-corrected chi connectivity index (χ2v) is 17.2. The monoisotopic (exact) mass is 384 g/mol. The van der Waals surface area contributed by atoms with E-state index in [1.54, 1.807) is 0 Å². The predicted molar refractivity (Wildman–Crippen MR) is 29.4 cm³/mol. The molecular weight excluding hydrogens is 374 g/mol. The Morgan fingerprint density at radius 3 is 1.10 bits per heavy atom. The third-order valence-corrected chi connectivity index (χ3v) is 5.70. The number of rotatable bonds is 0. The van der Waals surface area contributed by atoms with E-state index in [1.807, 2.05) is 0 Å². The second-order valence-electron chi connectivity index (χ2n) is 2.75.